The third-order valence-corrected chi connectivity index (χ3v) is 5.08. The highest BCUT2D eigenvalue weighted by atomic mass is 16.5. The zero-order chi connectivity index (χ0) is 21.5. The van der Waals surface area contributed by atoms with E-state index >= 15 is 0 Å². The molecule has 0 heterocycles. The van der Waals surface area contributed by atoms with Crippen LogP contribution in [0.3, 0.4) is 0 Å². The van der Waals surface area contributed by atoms with Crippen LogP contribution in [-0.4, -0.2) is 12.0 Å². The van der Waals surface area contributed by atoms with Gasteiger partial charge < -0.3 is 9.47 Å². The number of hydrogen-bond donors (Lipinski definition) is 2. The molecular weight excluding hydrogens is 388 g/mol. The van der Waals surface area contributed by atoms with Crippen molar-refractivity contribution in [1.82, 2.24) is 5.43 Å². The van der Waals surface area contributed by atoms with Crippen molar-refractivity contribution in [2.75, 3.05) is 0 Å². The minimum atomic E-state index is -0.808. The second-order valence-electron chi connectivity index (χ2n) is 7.17. The highest BCUT2D eigenvalue weighted by Crippen LogP contribution is 2.31. The molecule has 31 heavy (non-hydrogen) atoms. The summed E-state index contributed by atoms with van der Waals surface area (Å²) >= 11 is 0. The summed E-state index contributed by atoms with van der Waals surface area (Å²) in [5.74, 6) is 6.37. The molecule has 1 amide bonds. The molecule has 4 aromatic rings. The molecule has 0 aliphatic carbocycles. The zero-order valence-corrected chi connectivity index (χ0v) is 17.0. The Balaban J connectivity index is 1.68. The van der Waals surface area contributed by atoms with Crippen molar-refractivity contribution in [1.29, 1.82) is 0 Å². The van der Waals surface area contributed by atoms with Gasteiger partial charge in [-0.1, -0.05) is 78.9 Å². The van der Waals surface area contributed by atoms with E-state index in [1.54, 1.807) is 0 Å². The first kappa shape index (κ1) is 20.4. The van der Waals surface area contributed by atoms with E-state index in [0.29, 0.717) is 24.5 Å². The number of para-hydroxylation sites is 1. The van der Waals surface area contributed by atoms with Crippen LogP contribution in [0, 0.1) is 0 Å². The number of nitrogens with two attached hydrogens (primary N) is 1. The predicted molar refractivity (Wildman–Crippen MR) is 122 cm³/mol. The minimum Gasteiger partial charge on any atom is -0.489 e. The van der Waals surface area contributed by atoms with Crippen LogP contribution < -0.4 is 20.7 Å². The van der Waals surface area contributed by atoms with Gasteiger partial charge in [-0.3, -0.25) is 10.2 Å². The number of ether oxygens (including phenoxy) is 2. The maximum absolute atomic E-state index is 12.5. The second-order valence-corrected chi connectivity index (χ2v) is 7.17. The van der Waals surface area contributed by atoms with Crippen LogP contribution >= 0.6 is 0 Å². The van der Waals surface area contributed by atoms with Gasteiger partial charge in [0.1, 0.15) is 18.1 Å². The quantitative estimate of drug-likeness (QED) is 0.256. The van der Waals surface area contributed by atoms with Crippen molar-refractivity contribution in [3.8, 4) is 11.5 Å². The number of carbonyl (C=O) groups is 1. The van der Waals surface area contributed by atoms with Crippen LogP contribution in [-0.2, 0) is 17.8 Å². The van der Waals surface area contributed by atoms with Gasteiger partial charge in [0, 0.05) is 12.0 Å². The predicted octanol–water partition coefficient (Wildman–Crippen LogP) is 4.40. The van der Waals surface area contributed by atoms with E-state index in [0.717, 1.165) is 21.9 Å². The van der Waals surface area contributed by atoms with Gasteiger partial charge in [-0.2, -0.15) is 0 Å². The fourth-order valence-corrected chi connectivity index (χ4v) is 3.53. The molecule has 0 saturated heterocycles. The Kier molecular flexibility index (Phi) is 6.45. The fourth-order valence-electron chi connectivity index (χ4n) is 3.53. The molecule has 5 heteroatoms. The highest BCUT2D eigenvalue weighted by Gasteiger charge is 2.23. The molecule has 4 rings (SSSR count). The normalized spacial score (nSPS) is 11.6. The molecule has 1 unspecified atom stereocenters. The standard InChI is InChI=1S/C26H24N2O3/c27-28-26(29)25(31-21-12-5-2-6-13-21)17-23-22-14-8-7-11-20(22)15-16-24(23)30-18-19-9-3-1-4-10-19/h1-16,25H,17-18,27H2,(H,28,29). The van der Waals surface area contributed by atoms with Gasteiger partial charge >= 0.3 is 0 Å². The Labute approximate surface area is 181 Å². The van der Waals surface area contributed by atoms with Gasteiger partial charge in [-0.15, -0.1) is 0 Å². The second kappa shape index (κ2) is 9.78. The van der Waals surface area contributed by atoms with E-state index in [2.05, 4.69) is 5.43 Å². The number of fused-ring (bicyclic) bond motifs is 1. The number of benzene rings is 4. The number of rotatable bonds is 8. The van der Waals surface area contributed by atoms with Crippen LogP contribution in [0.2, 0.25) is 0 Å². The molecule has 0 aliphatic heterocycles. The van der Waals surface area contributed by atoms with Crippen molar-refractivity contribution in [3.05, 3.63) is 108 Å². The average Bonchev–Trinajstić information content (AvgIpc) is 2.83. The van der Waals surface area contributed by atoms with Crippen molar-refractivity contribution in [2.45, 2.75) is 19.1 Å². The Morgan fingerprint density at radius 1 is 0.839 bits per heavy atom. The van der Waals surface area contributed by atoms with Crippen molar-refractivity contribution >= 4 is 16.7 Å². The molecule has 0 aromatic heterocycles. The van der Waals surface area contributed by atoms with Crippen LogP contribution in [0.1, 0.15) is 11.1 Å². The van der Waals surface area contributed by atoms with Gasteiger partial charge in [-0.05, 0) is 34.5 Å². The molecule has 4 aromatic carbocycles. The van der Waals surface area contributed by atoms with E-state index in [1.807, 2.05) is 97.1 Å². The molecule has 156 valence electrons. The molecule has 0 fully saturated rings. The lowest BCUT2D eigenvalue weighted by atomic mass is 9.98. The Hall–Kier alpha value is -3.83. The van der Waals surface area contributed by atoms with Crippen molar-refractivity contribution in [2.24, 2.45) is 5.84 Å². The van der Waals surface area contributed by atoms with Gasteiger partial charge in [0.2, 0.25) is 0 Å². The van der Waals surface area contributed by atoms with E-state index in [4.69, 9.17) is 15.3 Å². The summed E-state index contributed by atoms with van der Waals surface area (Å²) in [6.45, 7) is 0.430. The smallest absolute Gasteiger partial charge is 0.275 e. The lowest BCUT2D eigenvalue weighted by Crippen LogP contribution is -2.43. The first-order valence-corrected chi connectivity index (χ1v) is 10.1. The van der Waals surface area contributed by atoms with E-state index in [9.17, 15) is 4.79 Å². The van der Waals surface area contributed by atoms with Gasteiger partial charge in [0.25, 0.3) is 5.91 Å². The Morgan fingerprint density at radius 2 is 1.52 bits per heavy atom. The van der Waals surface area contributed by atoms with Crippen LogP contribution in [0.25, 0.3) is 10.8 Å². The maximum atomic E-state index is 12.5. The third-order valence-electron chi connectivity index (χ3n) is 5.08. The molecule has 0 bridgehead atoms. The van der Waals surface area contributed by atoms with Gasteiger partial charge in [-0.25, -0.2) is 5.84 Å². The Bertz CT molecular complexity index is 1150. The van der Waals surface area contributed by atoms with E-state index in [-0.39, 0.29) is 0 Å². The van der Waals surface area contributed by atoms with Gasteiger partial charge in [0.15, 0.2) is 6.10 Å². The summed E-state index contributed by atoms with van der Waals surface area (Å²) in [7, 11) is 0. The van der Waals surface area contributed by atoms with E-state index < -0.39 is 12.0 Å². The zero-order valence-electron chi connectivity index (χ0n) is 17.0. The summed E-state index contributed by atoms with van der Waals surface area (Å²) < 4.78 is 12.2. The Morgan fingerprint density at radius 3 is 2.26 bits per heavy atom. The summed E-state index contributed by atoms with van der Waals surface area (Å²) in [6.07, 6.45) is -0.499. The lowest BCUT2D eigenvalue weighted by molar-refractivity contribution is -0.128. The molecule has 3 N–H and O–H groups in total. The van der Waals surface area contributed by atoms with Crippen LogP contribution in [0.5, 0.6) is 11.5 Å². The van der Waals surface area contributed by atoms with Crippen molar-refractivity contribution in [3.63, 3.8) is 0 Å². The number of hydrogen-bond acceptors (Lipinski definition) is 4. The third kappa shape index (κ3) is 5.02. The molecule has 5 nitrogen and oxygen atoms in total. The first-order valence-electron chi connectivity index (χ1n) is 10.1. The lowest BCUT2D eigenvalue weighted by Gasteiger charge is -2.21. The maximum Gasteiger partial charge on any atom is 0.275 e. The SMILES string of the molecule is NNC(=O)C(Cc1c(OCc2ccccc2)ccc2ccccc12)Oc1ccccc1. The molecule has 0 aliphatic rings. The fraction of sp³-hybridized carbons (Fsp3) is 0.115. The summed E-state index contributed by atoms with van der Waals surface area (Å²) in [4.78, 5) is 12.5. The number of amides is 1. The first-order chi connectivity index (χ1) is 15.2. The average molecular weight is 412 g/mol. The summed E-state index contributed by atoms with van der Waals surface area (Å²) in [5.41, 5.74) is 4.20. The van der Waals surface area contributed by atoms with E-state index in [1.165, 1.54) is 0 Å². The molecule has 0 spiro atoms. The molecule has 0 radical (unpaired) electrons. The largest absolute Gasteiger partial charge is 0.489 e. The topological polar surface area (TPSA) is 73.6 Å². The van der Waals surface area contributed by atoms with Crippen LogP contribution in [0.4, 0.5) is 0 Å². The number of hydrazine groups is 1. The molecule has 0 saturated carbocycles. The molecule has 1 atom stereocenters. The van der Waals surface area contributed by atoms with Crippen molar-refractivity contribution < 1.29 is 14.3 Å². The summed E-state index contributed by atoms with van der Waals surface area (Å²) in [5, 5.41) is 2.08. The number of nitrogens with one attached hydrogen (secondary N) is 1. The van der Waals surface area contributed by atoms with Crippen LogP contribution in [0.15, 0.2) is 97.1 Å². The molecular formula is C26H24N2O3. The van der Waals surface area contributed by atoms with Gasteiger partial charge in [0.05, 0.1) is 0 Å². The minimum absolute atomic E-state index is 0.309. The number of carbonyl (C=O) groups excluding carboxylic acids is 1. The monoisotopic (exact) mass is 412 g/mol. The highest BCUT2D eigenvalue weighted by molar-refractivity contribution is 5.89. The summed E-state index contributed by atoms with van der Waals surface area (Å²) in [6, 6.07) is 31.2.